The van der Waals surface area contributed by atoms with E-state index in [0.717, 1.165) is 47.8 Å². The predicted molar refractivity (Wildman–Crippen MR) is 253 cm³/mol. The summed E-state index contributed by atoms with van der Waals surface area (Å²) < 4.78 is 22.6. The lowest BCUT2D eigenvalue weighted by Gasteiger charge is -2.27. The molecule has 66 heavy (non-hydrogen) atoms. The molecule has 6 amide bonds. The normalized spacial score (nSPS) is 13.2. The van der Waals surface area contributed by atoms with Crippen molar-refractivity contribution in [3.05, 3.63) is 82.9 Å². The summed E-state index contributed by atoms with van der Waals surface area (Å²) in [7, 11) is 0. The first-order valence-corrected chi connectivity index (χ1v) is 23.4. The summed E-state index contributed by atoms with van der Waals surface area (Å²) >= 11 is 0. The molecule has 0 saturated heterocycles. The zero-order chi connectivity index (χ0) is 46.7. The lowest BCUT2D eigenvalue weighted by molar-refractivity contribution is -0.123. The van der Waals surface area contributed by atoms with Gasteiger partial charge in [-0.15, -0.1) is 0 Å². The number of nitrogens with zero attached hydrogens (tertiary/aromatic N) is 2. The van der Waals surface area contributed by atoms with Crippen LogP contribution in [0.15, 0.2) is 60.7 Å². The zero-order valence-electron chi connectivity index (χ0n) is 38.3. The molecular weight excluding hydrogens is 845 g/mol. The molecule has 0 unspecified atom stereocenters. The number of anilines is 2. The van der Waals surface area contributed by atoms with E-state index in [4.69, 9.17) is 18.9 Å². The van der Waals surface area contributed by atoms with E-state index in [1.54, 1.807) is 24.3 Å². The summed E-state index contributed by atoms with van der Waals surface area (Å²) in [5, 5.41) is 15.4. The Balaban J connectivity index is 0.720. The van der Waals surface area contributed by atoms with Crippen molar-refractivity contribution in [3.63, 3.8) is 0 Å². The van der Waals surface area contributed by atoms with Crippen LogP contribution < -0.4 is 21.3 Å². The van der Waals surface area contributed by atoms with E-state index in [1.165, 1.54) is 9.80 Å². The number of benzene rings is 4. The fraction of sp³-hybridized carbons (Fsp3) is 0.480. The minimum absolute atomic E-state index is 0.0878. The summed E-state index contributed by atoms with van der Waals surface area (Å²) in [4.78, 5) is 79.6. The predicted octanol–water partition coefficient (Wildman–Crippen LogP) is 6.17. The average molecular weight is 909 g/mol. The molecule has 0 saturated carbocycles. The molecule has 0 bridgehead atoms. The van der Waals surface area contributed by atoms with Crippen LogP contribution in [0.3, 0.4) is 0 Å². The maximum absolute atomic E-state index is 13.1. The Labute approximate surface area is 386 Å². The van der Waals surface area contributed by atoms with E-state index in [1.807, 2.05) is 50.2 Å². The number of carbonyl (C=O) groups excluding carboxylic acids is 6. The van der Waals surface area contributed by atoms with E-state index in [-0.39, 0.29) is 35.4 Å². The summed E-state index contributed by atoms with van der Waals surface area (Å²) in [6.07, 6.45) is 5.18. The second-order valence-corrected chi connectivity index (χ2v) is 16.2. The molecule has 0 atom stereocenters. The van der Waals surface area contributed by atoms with Gasteiger partial charge >= 0.3 is 0 Å². The minimum Gasteiger partial charge on any atom is -0.382 e. The molecule has 4 N–H and O–H groups in total. The third-order valence-corrected chi connectivity index (χ3v) is 11.5. The molecule has 2 aliphatic rings. The van der Waals surface area contributed by atoms with Crippen LogP contribution in [-0.2, 0) is 28.5 Å². The fourth-order valence-corrected chi connectivity index (χ4v) is 8.07. The third-order valence-electron chi connectivity index (χ3n) is 11.5. The number of carbonyl (C=O) groups is 6. The van der Waals surface area contributed by atoms with E-state index >= 15 is 0 Å². The molecule has 0 fully saturated rings. The molecule has 4 aromatic rings. The highest BCUT2D eigenvalue weighted by Crippen LogP contribution is 2.36. The Morgan fingerprint density at radius 1 is 0.455 bits per heavy atom. The lowest BCUT2D eigenvalue weighted by atomic mass is 9.93. The molecule has 0 aromatic heterocycles. The van der Waals surface area contributed by atoms with Crippen molar-refractivity contribution >= 4 is 68.4 Å². The smallest absolute Gasteiger partial charge is 0.261 e. The molecule has 354 valence electrons. The molecule has 0 radical (unpaired) electrons. The molecular formula is C50H64N6O10. The molecule has 2 aliphatic heterocycles. The number of hydrogen-bond acceptors (Lipinski definition) is 12. The highest BCUT2D eigenvalue weighted by Gasteiger charge is 2.34. The Kier molecular flexibility index (Phi) is 19.3. The molecule has 16 nitrogen and oxygen atoms in total. The first-order valence-electron chi connectivity index (χ1n) is 23.4. The third kappa shape index (κ3) is 12.9. The van der Waals surface area contributed by atoms with Crippen LogP contribution in [0.25, 0.3) is 21.5 Å². The van der Waals surface area contributed by atoms with Gasteiger partial charge in [-0.2, -0.15) is 0 Å². The van der Waals surface area contributed by atoms with Gasteiger partial charge < -0.3 is 40.2 Å². The van der Waals surface area contributed by atoms with Gasteiger partial charge in [0.2, 0.25) is 11.8 Å². The van der Waals surface area contributed by atoms with Gasteiger partial charge in [-0.05, 0) is 62.1 Å². The first kappa shape index (κ1) is 49.5. The van der Waals surface area contributed by atoms with Crippen LogP contribution >= 0.6 is 0 Å². The van der Waals surface area contributed by atoms with Crippen molar-refractivity contribution in [3.8, 4) is 0 Å². The molecule has 2 heterocycles. The maximum atomic E-state index is 13.1. The Morgan fingerprint density at radius 3 is 1.20 bits per heavy atom. The van der Waals surface area contributed by atoms with Gasteiger partial charge in [-0.25, -0.2) is 0 Å². The van der Waals surface area contributed by atoms with Gasteiger partial charge in [0.1, 0.15) is 0 Å². The van der Waals surface area contributed by atoms with Gasteiger partial charge in [0, 0.05) is 107 Å². The van der Waals surface area contributed by atoms with Crippen molar-refractivity contribution in [2.24, 2.45) is 0 Å². The standard InChI is InChI=1S/C50H64N6O10/c1-3-5-25-55-47(59)37-13-9-11-35-41(19-17-39(45(35)37)49(55)61)51-21-27-63-31-33-65-29-23-53-43(57)15-7-8-16-44(58)54-24-30-66-34-32-64-28-22-52-42-20-18-40-46-36(42)12-10-14-38(46)48(60)56(50(40)62)26-6-4-2/h9-14,17-20,51-52H,3-8,15-16,21-34H2,1-2H3,(H,53,57)(H,54,58). The zero-order valence-corrected chi connectivity index (χ0v) is 38.3. The summed E-state index contributed by atoms with van der Waals surface area (Å²) in [5.74, 6) is -1.16. The number of nitrogens with one attached hydrogen (secondary N) is 4. The van der Waals surface area contributed by atoms with Crippen LogP contribution in [0.4, 0.5) is 11.4 Å². The van der Waals surface area contributed by atoms with Crippen molar-refractivity contribution in [1.82, 2.24) is 20.4 Å². The quantitative estimate of drug-likeness (QED) is 0.0332. The number of hydrogen-bond donors (Lipinski definition) is 4. The maximum Gasteiger partial charge on any atom is 0.261 e. The Bertz CT molecular complexity index is 2130. The second-order valence-electron chi connectivity index (χ2n) is 16.2. The average Bonchev–Trinajstić information content (AvgIpc) is 3.32. The minimum atomic E-state index is -0.245. The molecule has 4 aromatic carbocycles. The molecule has 0 aliphatic carbocycles. The van der Waals surface area contributed by atoms with Crippen LogP contribution in [0.5, 0.6) is 0 Å². The number of amides is 6. The highest BCUT2D eigenvalue weighted by molar-refractivity contribution is 6.27. The SMILES string of the molecule is CCCCN1C(=O)c2cccc3c(NCCOCCOCCNC(=O)CCCCC(=O)NCCOCCOCCNc4ccc5c6c(cccc46)C(=O)N(CCCC)C5=O)ccc(c23)C1=O. The molecule has 0 spiro atoms. The van der Waals surface area contributed by atoms with Crippen molar-refractivity contribution in [1.29, 1.82) is 0 Å². The molecule has 6 rings (SSSR count). The van der Waals surface area contributed by atoms with Crippen molar-refractivity contribution in [2.75, 3.05) is 103 Å². The highest BCUT2D eigenvalue weighted by atomic mass is 16.5. The topological polar surface area (TPSA) is 194 Å². The van der Waals surface area contributed by atoms with Crippen LogP contribution in [0, 0.1) is 0 Å². The summed E-state index contributed by atoms with van der Waals surface area (Å²) in [6, 6.07) is 18.4. The van der Waals surface area contributed by atoms with Crippen molar-refractivity contribution in [2.45, 2.75) is 65.2 Å². The van der Waals surface area contributed by atoms with Crippen LogP contribution in [0.1, 0.15) is 107 Å². The Morgan fingerprint density at radius 2 is 0.818 bits per heavy atom. The summed E-state index contributed by atoms with van der Waals surface area (Å²) in [5.41, 5.74) is 3.86. The van der Waals surface area contributed by atoms with Gasteiger partial charge in [0.25, 0.3) is 23.6 Å². The van der Waals surface area contributed by atoms with Gasteiger partial charge in [0.05, 0.1) is 52.9 Å². The van der Waals surface area contributed by atoms with E-state index < -0.39 is 0 Å². The largest absolute Gasteiger partial charge is 0.382 e. The van der Waals surface area contributed by atoms with Crippen molar-refractivity contribution < 1.29 is 47.7 Å². The van der Waals surface area contributed by atoms with E-state index in [2.05, 4.69) is 21.3 Å². The fourth-order valence-electron chi connectivity index (χ4n) is 8.07. The first-order chi connectivity index (χ1) is 32.2. The van der Waals surface area contributed by atoms with Gasteiger partial charge in [-0.3, -0.25) is 38.6 Å². The number of unbranched alkanes of at least 4 members (excludes halogenated alkanes) is 3. The van der Waals surface area contributed by atoms with Gasteiger partial charge in [-0.1, -0.05) is 51.0 Å². The number of imide groups is 2. The van der Waals surface area contributed by atoms with Gasteiger partial charge in [0.15, 0.2) is 0 Å². The lowest BCUT2D eigenvalue weighted by Crippen LogP contribution is -2.40. The number of rotatable bonds is 31. The van der Waals surface area contributed by atoms with Crippen LogP contribution in [0.2, 0.25) is 0 Å². The van der Waals surface area contributed by atoms with E-state index in [0.29, 0.717) is 151 Å². The van der Waals surface area contributed by atoms with E-state index in [9.17, 15) is 28.8 Å². The molecule has 16 heteroatoms. The summed E-state index contributed by atoms with van der Waals surface area (Å²) in [6.45, 7) is 9.84. The Hall–Kier alpha value is -5.94. The van der Waals surface area contributed by atoms with Crippen LogP contribution in [-0.4, -0.2) is 137 Å². The monoisotopic (exact) mass is 908 g/mol. The second kappa shape index (κ2) is 25.7. The number of ether oxygens (including phenoxy) is 4.